The number of carbonyl (C=O) groups excluding carboxylic acids is 2. The van der Waals surface area contributed by atoms with Crippen molar-refractivity contribution in [2.45, 2.75) is 12.8 Å². The molecule has 0 bridgehead atoms. The zero-order chi connectivity index (χ0) is 20.2. The number of rotatable bonds is 4. The summed E-state index contributed by atoms with van der Waals surface area (Å²) in [5, 5.41) is 10.6. The first-order chi connectivity index (χ1) is 14.1. The highest BCUT2D eigenvalue weighted by molar-refractivity contribution is 6.30. The summed E-state index contributed by atoms with van der Waals surface area (Å²) in [6.45, 7) is 0.995. The number of nitrogens with zero attached hydrogens (tertiary/aromatic N) is 3. The molecule has 1 aromatic carbocycles. The van der Waals surface area contributed by atoms with Crippen molar-refractivity contribution >= 4 is 29.1 Å². The molecule has 0 spiro atoms. The monoisotopic (exact) mass is 409 g/mol. The number of benzene rings is 1. The maximum atomic E-state index is 12.9. The molecule has 0 aliphatic carbocycles. The normalized spacial score (nSPS) is 16.4. The molecule has 2 aromatic heterocycles. The van der Waals surface area contributed by atoms with E-state index in [2.05, 4.69) is 20.5 Å². The maximum absolute atomic E-state index is 12.9. The highest BCUT2D eigenvalue weighted by atomic mass is 35.5. The average molecular weight is 410 g/mol. The van der Waals surface area contributed by atoms with E-state index >= 15 is 0 Å². The van der Waals surface area contributed by atoms with Crippen molar-refractivity contribution in [1.82, 2.24) is 20.1 Å². The zero-order valence-electron chi connectivity index (χ0n) is 15.6. The van der Waals surface area contributed by atoms with Crippen molar-refractivity contribution in [3.63, 3.8) is 0 Å². The minimum absolute atomic E-state index is 0.0908. The van der Waals surface area contributed by atoms with Crippen LogP contribution in [-0.2, 0) is 4.79 Å². The Morgan fingerprint density at radius 3 is 2.66 bits per heavy atom. The summed E-state index contributed by atoms with van der Waals surface area (Å²) < 4.78 is 0. The van der Waals surface area contributed by atoms with Crippen LogP contribution in [0.25, 0.3) is 11.3 Å². The third kappa shape index (κ3) is 4.46. The van der Waals surface area contributed by atoms with Crippen molar-refractivity contribution < 1.29 is 9.59 Å². The van der Waals surface area contributed by atoms with Crippen LogP contribution in [0.15, 0.2) is 54.9 Å². The standard InChI is InChI=1S/C21H20ClN5O2/c22-16-3-5-17(6-4-16)24-20(28)15-2-1-11-27(13-15)21(29)19-12-18(25-26-19)14-7-9-23-10-8-14/h3-10,12,15H,1-2,11,13H2,(H,24,28)(H,25,26)/t15-/m0/s1. The van der Waals surface area contributed by atoms with Gasteiger partial charge in [0.1, 0.15) is 5.69 Å². The van der Waals surface area contributed by atoms with Crippen LogP contribution < -0.4 is 5.32 Å². The third-order valence-electron chi connectivity index (χ3n) is 4.98. The summed E-state index contributed by atoms with van der Waals surface area (Å²) in [7, 11) is 0. The summed E-state index contributed by atoms with van der Waals surface area (Å²) in [6, 6.07) is 12.4. The number of aromatic amines is 1. The number of likely N-dealkylation sites (tertiary alicyclic amines) is 1. The molecule has 2 N–H and O–H groups in total. The Morgan fingerprint density at radius 1 is 1.14 bits per heavy atom. The first-order valence-electron chi connectivity index (χ1n) is 9.41. The fourth-order valence-corrected chi connectivity index (χ4v) is 3.55. The van der Waals surface area contributed by atoms with Gasteiger partial charge < -0.3 is 10.2 Å². The summed E-state index contributed by atoms with van der Waals surface area (Å²) in [6.07, 6.45) is 4.88. The lowest BCUT2D eigenvalue weighted by Crippen LogP contribution is -2.43. The van der Waals surface area contributed by atoms with Crippen LogP contribution in [0.4, 0.5) is 5.69 Å². The van der Waals surface area contributed by atoms with E-state index in [0.29, 0.717) is 35.2 Å². The fourth-order valence-electron chi connectivity index (χ4n) is 3.43. The fraction of sp³-hybridized carbons (Fsp3) is 0.238. The van der Waals surface area contributed by atoms with E-state index in [1.54, 1.807) is 47.6 Å². The van der Waals surface area contributed by atoms with Crippen molar-refractivity contribution in [1.29, 1.82) is 0 Å². The molecule has 0 unspecified atom stereocenters. The molecule has 2 amide bonds. The topological polar surface area (TPSA) is 91.0 Å². The third-order valence-corrected chi connectivity index (χ3v) is 5.23. The molecule has 7 nitrogen and oxygen atoms in total. The van der Waals surface area contributed by atoms with Crippen LogP contribution in [0.2, 0.25) is 5.02 Å². The second kappa shape index (κ2) is 8.45. The van der Waals surface area contributed by atoms with E-state index in [4.69, 9.17) is 11.6 Å². The lowest BCUT2D eigenvalue weighted by Gasteiger charge is -2.31. The van der Waals surface area contributed by atoms with Crippen LogP contribution in [0.3, 0.4) is 0 Å². The Bertz CT molecular complexity index is 1000. The minimum Gasteiger partial charge on any atom is -0.337 e. The Morgan fingerprint density at radius 2 is 1.90 bits per heavy atom. The van der Waals surface area contributed by atoms with E-state index in [0.717, 1.165) is 18.4 Å². The van der Waals surface area contributed by atoms with E-state index in [9.17, 15) is 9.59 Å². The quantitative estimate of drug-likeness (QED) is 0.688. The number of pyridine rings is 1. The molecule has 0 saturated carbocycles. The molecule has 1 aliphatic heterocycles. The number of anilines is 1. The van der Waals surface area contributed by atoms with E-state index in [-0.39, 0.29) is 17.7 Å². The highest BCUT2D eigenvalue weighted by Gasteiger charge is 2.29. The molecule has 3 heterocycles. The number of nitrogens with one attached hydrogen (secondary N) is 2. The van der Waals surface area contributed by atoms with Gasteiger partial charge in [-0.05, 0) is 55.3 Å². The SMILES string of the molecule is O=C(Nc1ccc(Cl)cc1)[C@H]1CCCN(C(=O)c2cc(-c3ccncc3)n[nH]2)C1. The minimum atomic E-state index is -0.258. The Labute approximate surface area is 173 Å². The molecule has 0 radical (unpaired) electrons. The van der Waals surface area contributed by atoms with E-state index in [1.165, 1.54) is 0 Å². The Kier molecular flexibility index (Phi) is 5.57. The summed E-state index contributed by atoms with van der Waals surface area (Å²) in [5.41, 5.74) is 2.67. The predicted molar refractivity (Wildman–Crippen MR) is 111 cm³/mol. The van der Waals surface area contributed by atoms with E-state index in [1.807, 2.05) is 12.1 Å². The van der Waals surface area contributed by atoms with Gasteiger partial charge in [-0.15, -0.1) is 0 Å². The summed E-state index contributed by atoms with van der Waals surface area (Å²) in [5.74, 6) is -0.500. The van der Waals surface area contributed by atoms with Gasteiger partial charge in [-0.3, -0.25) is 19.7 Å². The van der Waals surface area contributed by atoms with Crippen LogP contribution in [0.1, 0.15) is 23.3 Å². The van der Waals surface area contributed by atoms with Gasteiger partial charge in [0.05, 0.1) is 11.6 Å². The zero-order valence-corrected chi connectivity index (χ0v) is 16.4. The number of amides is 2. The second-order valence-electron chi connectivity index (χ2n) is 6.99. The number of hydrogen-bond donors (Lipinski definition) is 2. The molecular formula is C21H20ClN5O2. The lowest BCUT2D eigenvalue weighted by atomic mass is 9.96. The van der Waals surface area contributed by atoms with Crippen LogP contribution in [0, 0.1) is 5.92 Å². The number of carbonyl (C=O) groups is 2. The Balaban J connectivity index is 1.41. The van der Waals surface area contributed by atoms with Crippen molar-refractivity contribution in [2.75, 3.05) is 18.4 Å². The van der Waals surface area contributed by atoms with Gasteiger partial charge in [-0.25, -0.2) is 0 Å². The van der Waals surface area contributed by atoms with Crippen LogP contribution in [0.5, 0.6) is 0 Å². The lowest BCUT2D eigenvalue weighted by molar-refractivity contribution is -0.121. The number of H-pyrrole nitrogens is 1. The molecule has 1 atom stereocenters. The number of hydrogen-bond acceptors (Lipinski definition) is 4. The molecule has 1 aliphatic rings. The van der Waals surface area contributed by atoms with Gasteiger partial charge in [0.15, 0.2) is 0 Å². The smallest absolute Gasteiger partial charge is 0.271 e. The van der Waals surface area contributed by atoms with Crippen molar-refractivity contribution in [2.24, 2.45) is 5.92 Å². The van der Waals surface area contributed by atoms with Crippen LogP contribution in [-0.4, -0.2) is 45.0 Å². The van der Waals surface area contributed by atoms with Gasteiger partial charge in [-0.2, -0.15) is 5.10 Å². The summed E-state index contributed by atoms with van der Waals surface area (Å²) in [4.78, 5) is 31.2. The van der Waals surface area contributed by atoms with Gasteiger partial charge in [0.2, 0.25) is 5.91 Å². The van der Waals surface area contributed by atoms with Crippen molar-refractivity contribution in [3.05, 3.63) is 65.6 Å². The molecule has 1 fully saturated rings. The van der Waals surface area contributed by atoms with Crippen LogP contribution >= 0.6 is 11.6 Å². The molecule has 4 rings (SSSR count). The number of piperidine rings is 1. The second-order valence-corrected chi connectivity index (χ2v) is 7.43. The molecule has 148 valence electrons. The molecular weight excluding hydrogens is 390 g/mol. The molecule has 8 heteroatoms. The van der Waals surface area contributed by atoms with Crippen molar-refractivity contribution in [3.8, 4) is 11.3 Å². The molecule has 1 saturated heterocycles. The number of halogens is 1. The number of aromatic nitrogens is 3. The van der Waals surface area contributed by atoms with Gasteiger partial charge >= 0.3 is 0 Å². The predicted octanol–water partition coefficient (Wildman–Crippen LogP) is 3.62. The first kappa shape index (κ1) is 19.1. The van der Waals surface area contributed by atoms with Gasteiger partial charge in [0.25, 0.3) is 5.91 Å². The summed E-state index contributed by atoms with van der Waals surface area (Å²) >= 11 is 5.88. The first-order valence-corrected chi connectivity index (χ1v) is 9.79. The van der Waals surface area contributed by atoms with E-state index < -0.39 is 0 Å². The maximum Gasteiger partial charge on any atom is 0.271 e. The molecule has 29 heavy (non-hydrogen) atoms. The Hall–Kier alpha value is -3.19. The van der Waals surface area contributed by atoms with Gasteiger partial charge in [0, 0.05) is 41.8 Å². The van der Waals surface area contributed by atoms with Gasteiger partial charge in [-0.1, -0.05) is 11.6 Å². The highest BCUT2D eigenvalue weighted by Crippen LogP contribution is 2.22. The average Bonchev–Trinajstić information content (AvgIpc) is 3.26. The largest absolute Gasteiger partial charge is 0.337 e. The molecule has 3 aromatic rings.